The average Bonchev–Trinajstić information content (AvgIpc) is 2.41. The van der Waals surface area contributed by atoms with Crippen LogP contribution in [0.5, 0.6) is 11.5 Å². The van der Waals surface area contributed by atoms with Gasteiger partial charge in [-0.1, -0.05) is 11.6 Å². The molecule has 2 aromatic rings. The Labute approximate surface area is 119 Å². The van der Waals surface area contributed by atoms with E-state index in [-0.39, 0.29) is 16.9 Å². The molecule has 20 heavy (non-hydrogen) atoms. The molecule has 0 aliphatic heterocycles. The highest BCUT2D eigenvalue weighted by molar-refractivity contribution is 6.30. The van der Waals surface area contributed by atoms with Crippen LogP contribution in [0, 0.1) is 0 Å². The number of carbonyl (C=O) groups is 2. The Morgan fingerprint density at radius 3 is 2.15 bits per heavy atom. The van der Waals surface area contributed by atoms with Gasteiger partial charge in [0.05, 0.1) is 5.56 Å². The fraction of sp³-hybridized carbons (Fsp3) is 0. The Balaban J connectivity index is 2.41. The Kier molecular flexibility index (Phi) is 3.91. The first-order valence-electron chi connectivity index (χ1n) is 5.51. The van der Waals surface area contributed by atoms with Gasteiger partial charge in [0.2, 0.25) is 0 Å². The molecule has 0 saturated heterocycles. The van der Waals surface area contributed by atoms with E-state index in [1.54, 1.807) is 24.3 Å². The highest BCUT2D eigenvalue weighted by Crippen LogP contribution is 2.27. The van der Waals surface area contributed by atoms with Crippen LogP contribution in [-0.4, -0.2) is 22.2 Å². The summed E-state index contributed by atoms with van der Waals surface area (Å²) in [5.74, 6) is -2.05. The van der Waals surface area contributed by atoms with Crippen molar-refractivity contribution in [3.05, 3.63) is 58.6 Å². The molecule has 2 N–H and O–H groups in total. The summed E-state index contributed by atoms with van der Waals surface area (Å²) in [4.78, 5) is 22.0. The number of carboxylic acid groups (broad SMARTS) is 2. The third kappa shape index (κ3) is 3.07. The maximum absolute atomic E-state index is 11.1. The summed E-state index contributed by atoms with van der Waals surface area (Å²) in [5, 5.41) is 18.5. The fourth-order valence-corrected chi connectivity index (χ4v) is 1.67. The van der Waals surface area contributed by atoms with Crippen molar-refractivity contribution in [3.63, 3.8) is 0 Å². The van der Waals surface area contributed by atoms with Gasteiger partial charge in [0, 0.05) is 5.02 Å². The second kappa shape index (κ2) is 5.63. The standard InChI is InChI=1S/C14H9ClO5/c15-9-2-4-10(5-3-9)20-12-7-8(13(16)17)1-6-11(12)14(18)19/h1-7H,(H,16,17)(H,18,19). The molecule has 0 spiro atoms. The minimum absolute atomic E-state index is 0.0419. The molecule has 0 bridgehead atoms. The molecule has 0 unspecified atom stereocenters. The van der Waals surface area contributed by atoms with E-state index < -0.39 is 11.9 Å². The Bertz CT molecular complexity index is 664. The third-order valence-electron chi connectivity index (χ3n) is 2.50. The zero-order valence-electron chi connectivity index (χ0n) is 10.0. The van der Waals surface area contributed by atoms with Gasteiger partial charge in [-0.2, -0.15) is 0 Å². The van der Waals surface area contributed by atoms with E-state index in [1.165, 1.54) is 18.2 Å². The van der Waals surface area contributed by atoms with Crippen molar-refractivity contribution in [2.45, 2.75) is 0 Å². The van der Waals surface area contributed by atoms with Gasteiger partial charge in [-0.15, -0.1) is 0 Å². The molecule has 0 radical (unpaired) electrons. The average molecular weight is 293 g/mol. The summed E-state index contributed by atoms with van der Waals surface area (Å²) < 4.78 is 5.41. The van der Waals surface area contributed by atoms with Crippen molar-refractivity contribution in [2.24, 2.45) is 0 Å². The molecular weight excluding hydrogens is 284 g/mol. The van der Waals surface area contributed by atoms with Crippen molar-refractivity contribution < 1.29 is 24.5 Å². The zero-order valence-corrected chi connectivity index (χ0v) is 10.8. The molecule has 0 aliphatic rings. The molecule has 2 rings (SSSR count). The second-order valence-electron chi connectivity index (χ2n) is 3.88. The zero-order chi connectivity index (χ0) is 14.7. The Hall–Kier alpha value is -2.53. The number of hydrogen-bond acceptors (Lipinski definition) is 3. The molecule has 0 amide bonds. The predicted molar refractivity (Wildman–Crippen MR) is 71.9 cm³/mol. The van der Waals surface area contributed by atoms with Crippen LogP contribution in [0.2, 0.25) is 5.02 Å². The quantitative estimate of drug-likeness (QED) is 0.900. The van der Waals surface area contributed by atoms with Gasteiger partial charge >= 0.3 is 11.9 Å². The molecule has 0 fully saturated rings. The smallest absolute Gasteiger partial charge is 0.339 e. The molecule has 0 heterocycles. The van der Waals surface area contributed by atoms with Crippen LogP contribution in [0.15, 0.2) is 42.5 Å². The molecule has 2 aromatic carbocycles. The second-order valence-corrected chi connectivity index (χ2v) is 4.31. The van der Waals surface area contributed by atoms with E-state index in [9.17, 15) is 9.59 Å². The number of hydrogen-bond donors (Lipinski definition) is 2. The van der Waals surface area contributed by atoms with Crippen LogP contribution >= 0.6 is 11.6 Å². The molecule has 0 aromatic heterocycles. The molecule has 102 valence electrons. The lowest BCUT2D eigenvalue weighted by Crippen LogP contribution is -2.03. The highest BCUT2D eigenvalue weighted by Gasteiger charge is 2.15. The van der Waals surface area contributed by atoms with Gasteiger partial charge in [0.15, 0.2) is 0 Å². The number of rotatable bonds is 4. The molecular formula is C14H9ClO5. The van der Waals surface area contributed by atoms with Gasteiger partial charge in [-0.3, -0.25) is 0 Å². The molecule has 0 saturated carbocycles. The first-order valence-corrected chi connectivity index (χ1v) is 5.89. The van der Waals surface area contributed by atoms with Crippen LogP contribution < -0.4 is 4.74 Å². The molecule has 5 nitrogen and oxygen atoms in total. The third-order valence-corrected chi connectivity index (χ3v) is 2.75. The number of carboxylic acids is 2. The van der Waals surface area contributed by atoms with Crippen LogP contribution in [0.1, 0.15) is 20.7 Å². The molecule has 6 heteroatoms. The topological polar surface area (TPSA) is 83.8 Å². The SMILES string of the molecule is O=C(O)c1ccc(C(=O)O)c(Oc2ccc(Cl)cc2)c1. The van der Waals surface area contributed by atoms with Gasteiger partial charge in [-0.25, -0.2) is 9.59 Å². The van der Waals surface area contributed by atoms with Crippen LogP contribution in [0.25, 0.3) is 0 Å². The van der Waals surface area contributed by atoms with Crippen LogP contribution in [0.3, 0.4) is 0 Å². The molecule has 0 atom stereocenters. The normalized spacial score (nSPS) is 10.1. The first-order chi connectivity index (χ1) is 9.47. The van der Waals surface area contributed by atoms with Crippen molar-refractivity contribution in [1.82, 2.24) is 0 Å². The monoisotopic (exact) mass is 292 g/mol. The van der Waals surface area contributed by atoms with Crippen LogP contribution in [0.4, 0.5) is 0 Å². The predicted octanol–water partition coefficient (Wildman–Crippen LogP) is 3.53. The van der Waals surface area contributed by atoms with Crippen molar-refractivity contribution in [3.8, 4) is 11.5 Å². The Morgan fingerprint density at radius 1 is 0.950 bits per heavy atom. The highest BCUT2D eigenvalue weighted by atomic mass is 35.5. The first kappa shape index (κ1) is 13.9. The van der Waals surface area contributed by atoms with Gasteiger partial charge in [0.1, 0.15) is 17.1 Å². The number of ether oxygens (including phenoxy) is 1. The maximum atomic E-state index is 11.1. The van der Waals surface area contributed by atoms with E-state index in [0.29, 0.717) is 10.8 Å². The maximum Gasteiger partial charge on any atom is 0.339 e. The molecule has 0 aliphatic carbocycles. The summed E-state index contributed by atoms with van der Waals surface area (Å²) in [6.07, 6.45) is 0. The lowest BCUT2D eigenvalue weighted by molar-refractivity contribution is 0.0678. The lowest BCUT2D eigenvalue weighted by atomic mass is 10.1. The van der Waals surface area contributed by atoms with E-state index in [4.69, 9.17) is 26.6 Å². The Morgan fingerprint density at radius 2 is 1.60 bits per heavy atom. The lowest BCUT2D eigenvalue weighted by Gasteiger charge is -2.09. The van der Waals surface area contributed by atoms with Crippen molar-refractivity contribution in [1.29, 1.82) is 0 Å². The van der Waals surface area contributed by atoms with Gasteiger partial charge < -0.3 is 14.9 Å². The van der Waals surface area contributed by atoms with E-state index >= 15 is 0 Å². The van der Waals surface area contributed by atoms with Crippen LogP contribution in [-0.2, 0) is 0 Å². The minimum Gasteiger partial charge on any atom is -0.478 e. The van der Waals surface area contributed by atoms with Gasteiger partial charge in [0.25, 0.3) is 0 Å². The van der Waals surface area contributed by atoms with E-state index in [1.807, 2.05) is 0 Å². The summed E-state index contributed by atoms with van der Waals surface area (Å²) in [6.45, 7) is 0. The van der Waals surface area contributed by atoms with E-state index in [0.717, 1.165) is 0 Å². The minimum atomic E-state index is -1.20. The fourth-order valence-electron chi connectivity index (χ4n) is 1.55. The summed E-state index contributed by atoms with van der Waals surface area (Å²) in [6, 6.07) is 9.84. The summed E-state index contributed by atoms with van der Waals surface area (Å²) >= 11 is 5.74. The largest absolute Gasteiger partial charge is 0.478 e. The number of halogens is 1. The van der Waals surface area contributed by atoms with Crippen molar-refractivity contribution in [2.75, 3.05) is 0 Å². The summed E-state index contributed by atoms with van der Waals surface area (Å²) in [5.41, 5.74) is -0.177. The number of benzene rings is 2. The summed E-state index contributed by atoms with van der Waals surface area (Å²) in [7, 11) is 0. The van der Waals surface area contributed by atoms with Crippen molar-refractivity contribution >= 4 is 23.5 Å². The number of aromatic carboxylic acids is 2. The van der Waals surface area contributed by atoms with Gasteiger partial charge in [-0.05, 0) is 42.5 Å². The van der Waals surface area contributed by atoms with E-state index in [2.05, 4.69) is 0 Å².